The highest BCUT2D eigenvalue weighted by atomic mass is 19.1. The summed E-state index contributed by atoms with van der Waals surface area (Å²) in [6, 6.07) is 4.07. The van der Waals surface area contributed by atoms with E-state index >= 15 is 0 Å². The van der Waals surface area contributed by atoms with E-state index in [1.807, 2.05) is 0 Å². The molecule has 2 aliphatic rings. The van der Waals surface area contributed by atoms with Gasteiger partial charge in [0.1, 0.15) is 0 Å². The maximum absolute atomic E-state index is 13.6. The van der Waals surface area contributed by atoms with Crippen LogP contribution in [0.25, 0.3) is 0 Å². The summed E-state index contributed by atoms with van der Waals surface area (Å²) in [5.74, 6) is -1.20. The fourth-order valence-electron chi connectivity index (χ4n) is 2.89. The Morgan fingerprint density at radius 1 is 1.29 bits per heavy atom. The van der Waals surface area contributed by atoms with Crippen molar-refractivity contribution in [3.05, 3.63) is 39.7 Å². The van der Waals surface area contributed by atoms with E-state index in [4.69, 9.17) is 9.47 Å². The van der Waals surface area contributed by atoms with Gasteiger partial charge in [0.2, 0.25) is 5.82 Å². The molecule has 6 nitrogen and oxygen atoms in total. The summed E-state index contributed by atoms with van der Waals surface area (Å²) >= 11 is 0. The lowest BCUT2D eigenvalue weighted by Crippen LogP contribution is -2.44. The first kappa shape index (κ1) is 14.4. The molecular formula is C14H17FN2O4. The van der Waals surface area contributed by atoms with Crippen LogP contribution < -0.4 is 0 Å². The Bertz CT molecular complexity index is 536. The smallest absolute Gasteiger partial charge is 0.304 e. The number of rotatable bonds is 3. The lowest BCUT2D eigenvalue weighted by Gasteiger charge is -2.37. The summed E-state index contributed by atoms with van der Waals surface area (Å²) in [5.41, 5.74) is 0.256. The monoisotopic (exact) mass is 296 g/mol. The average Bonchev–Trinajstić information content (AvgIpc) is 2.90. The van der Waals surface area contributed by atoms with E-state index in [0.29, 0.717) is 19.8 Å². The molecule has 0 N–H and O–H groups in total. The summed E-state index contributed by atoms with van der Waals surface area (Å²) in [4.78, 5) is 12.1. The van der Waals surface area contributed by atoms with E-state index < -0.39 is 22.2 Å². The fraction of sp³-hybridized carbons (Fsp3) is 0.571. The second-order valence-corrected chi connectivity index (χ2v) is 5.43. The zero-order chi connectivity index (χ0) is 14.9. The van der Waals surface area contributed by atoms with Crippen LogP contribution in [0.3, 0.4) is 0 Å². The molecule has 0 atom stereocenters. The molecule has 0 aromatic heterocycles. The number of benzene rings is 1. The molecule has 0 amide bonds. The maximum atomic E-state index is 13.6. The second kappa shape index (κ2) is 5.67. The Kier molecular flexibility index (Phi) is 3.88. The Balaban J connectivity index is 1.60. The normalized spacial score (nSPS) is 21.8. The first-order chi connectivity index (χ1) is 10.1. The van der Waals surface area contributed by atoms with Crippen LogP contribution in [0.1, 0.15) is 18.4 Å². The first-order valence-electron chi connectivity index (χ1n) is 7.01. The van der Waals surface area contributed by atoms with E-state index in [2.05, 4.69) is 4.90 Å². The minimum absolute atomic E-state index is 0.419. The molecule has 0 saturated carbocycles. The van der Waals surface area contributed by atoms with Crippen LogP contribution in [0, 0.1) is 15.9 Å². The molecule has 1 aromatic rings. The third-order valence-electron chi connectivity index (χ3n) is 4.05. The van der Waals surface area contributed by atoms with Gasteiger partial charge in [0.25, 0.3) is 0 Å². The third-order valence-corrected chi connectivity index (χ3v) is 4.05. The van der Waals surface area contributed by atoms with Gasteiger partial charge in [-0.25, -0.2) is 0 Å². The number of nitrogens with zero attached hydrogens (tertiary/aromatic N) is 2. The summed E-state index contributed by atoms with van der Waals surface area (Å²) < 4.78 is 24.9. The summed E-state index contributed by atoms with van der Waals surface area (Å²) in [7, 11) is 0. The molecule has 0 radical (unpaired) electrons. The number of piperidine rings is 1. The van der Waals surface area contributed by atoms with E-state index in [0.717, 1.165) is 31.5 Å². The van der Waals surface area contributed by atoms with Gasteiger partial charge in [-0.3, -0.25) is 15.0 Å². The van der Waals surface area contributed by atoms with Crippen molar-refractivity contribution in [2.45, 2.75) is 25.2 Å². The summed E-state index contributed by atoms with van der Waals surface area (Å²) in [5, 5.41) is 10.6. The highest BCUT2D eigenvalue weighted by Gasteiger charge is 2.39. The van der Waals surface area contributed by atoms with E-state index in [9.17, 15) is 14.5 Å². The third kappa shape index (κ3) is 3.04. The van der Waals surface area contributed by atoms with E-state index in [-0.39, 0.29) is 0 Å². The van der Waals surface area contributed by atoms with E-state index in [1.165, 1.54) is 12.1 Å². The predicted molar refractivity (Wildman–Crippen MR) is 72.2 cm³/mol. The molecule has 0 unspecified atom stereocenters. The number of hydrogen-bond donors (Lipinski definition) is 0. The lowest BCUT2D eigenvalue weighted by molar-refractivity contribution is -0.387. The summed E-state index contributed by atoms with van der Waals surface area (Å²) in [6.07, 6.45) is 1.59. The number of nitro benzene ring substituents is 1. The topological polar surface area (TPSA) is 64.8 Å². The molecule has 2 heterocycles. The van der Waals surface area contributed by atoms with Crippen LogP contribution in [0.15, 0.2) is 18.2 Å². The van der Waals surface area contributed by atoms with Crippen molar-refractivity contribution in [1.29, 1.82) is 0 Å². The molecule has 1 spiro atoms. The van der Waals surface area contributed by atoms with Crippen molar-refractivity contribution < 1.29 is 18.8 Å². The minimum atomic E-state index is -0.784. The highest BCUT2D eigenvalue weighted by molar-refractivity contribution is 5.35. The zero-order valence-electron chi connectivity index (χ0n) is 11.6. The van der Waals surface area contributed by atoms with Crippen LogP contribution in [0.5, 0.6) is 0 Å². The largest absolute Gasteiger partial charge is 0.347 e. The lowest BCUT2D eigenvalue weighted by atomic mass is 10.0. The molecule has 0 bridgehead atoms. The van der Waals surface area contributed by atoms with Crippen LogP contribution in [-0.2, 0) is 16.0 Å². The van der Waals surface area contributed by atoms with Crippen molar-refractivity contribution in [3.63, 3.8) is 0 Å². The number of likely N-dealkylation sites (tertiary alicyclic amines) is 1. The molecule has 1 aromatic carbocycles. The van der Waals surface area contributed by atoms with Gasteiger partial charge in [-0.05, 0) is 11.6 Å². The van der Waals surface area contributed by atoms with Crippen molar-refractivity contribution in [1.82, 2.24) is 4.90 Å². The van der Waals surface area contributed by atoms with Crippen molar-refractivity contribution in [2.24, 2.45) is 0 Å². The quantitative estimate of drug-likeness (QED) is 0.631. The molecule has 2 fully saturated rings. The molecule has 3 rings (SSSR count). The molecule has 2 aliphatic heterocycles. The molecular weight excluding hydrogens is 279 g/mol. The van der Waals surface area contributed by atoms with Gasteiger partial charge in [0, 0.05) is 38.5 Å². The van der Waals surface area contributed by atoms with Crippen LogP contribution in [0.2, 0.25) is 0 Å². The van der Waals surface area contributed by atoms with E-state index in [1.54, 1.807) is 6.07 Å². The molecule has 114 valence electrons. The van der Waals surface area contributed by atoms with Gasteiger partial charge in [-0.2, -0.15) is 4.39 Å². The number of hydrogen-bond acceptors (Lipinski definition) is 5. The minimum Gasteiger partial charge on any atom is -0.347 e. The van der Waals surface area contributed by atoms with Gasteiger partial charge in [-0.1, -0.05) is 6.07 Å². The van der Waals surface area contributed by atoms with Crippen LogP contribution in [0.4, 0.5) is 10.1 Å². The number of halogens is 1. The van der Waals surface area contributed by atoms with Crippen LogP contribution in [-0.4, -0.2) is 41.9 Å². The van der Waals surface area contributed by atoms with Gasteiger partial charge >= 0.3 is 5.69 Å². The second-order valence-electron chi connectivity index (χ2n) is 5.43. The molecule has 21 heavy (non-hydrogen) atoms. The van der Waals surface area contributed by atoms with Gasteiger partial charge in [0.05, 0.1) is 18.1 Å². The summed E-state index contributed by atoms with van der Waals surface area (Å²) in [6.45, 7) is 3.48. The maximum Gasteiger partial charge on any atom is 0.304 e. The Morgan fingerprint density at radius 2 is 1.95 bits per heavy atom. The Labute approximate surface area is 121 Å². The van der Waals surface area contributed by atoms with Crippen molar-refractivity contribution >= 4 is 5.69 Å². The Hall–Kier alpha value is -1.57. The van der Waals surface area contributed by atoms with Gasteiger partial charge in [0.15, 0.2) is 5.79 Å². The highest BCUT2D eigenvalue weighted by Crippen LogP contribution is 2.31. The number of nitro groups is 1. The van der Waals surface area contributed by atoms with Gasteiger partial charge in [-0.15, -0.1) is 0 Å². The first-order valence-corrected chi connectivity index (χ1v) is 7.01. The standard InChI is InChI=1S/C14H17FN2O4/c15-12-9-11(1-2-13(12)17(18)19)10-16-5-3-14(4-6-16)20-7-8-21-14/h1-2,9H,3-8,10H2. The molecule has 2 saturated heterocycles. The van der Waals surface area contributed by atoms with Crippen molar-refractivity contribution in [3.8, 4) is 0 Å². The number of ether oxygens (including phenoxy) is 2. The Morgan fingerprint density at radius 3 is 2.52 bits per heavy atom. The predicted octanol–water partition coefficient (Wildman–Crippen LogP) is 2.07. The van der Waals surface area contributed by atoms with Crippen molar-refractivity contribution in [2.75, 3.05) is 26.3 Å². The average molecular weight is 296 g/mol. The SMILES string of the molecule is O=[N+]([O-])c1ccc(CN2CCC3(CC2)OCCO3)cc1F. The zero-order valence-corrected chi connectivity index (χ0v) is 11.6. The molecule has 0 aliphatic carbocycles. The van der Waals surface area contributed by atoms with Gasteiger partial charge < -0.3 is 9.47 Å². The molecule has 7 heteroatoms. The fourth-order valence-corrected chi connectivity index (χ4v) is 2.89. The van der Waals surface area contributed by atoms with Crippen LogP contribution >= 0.6 is 0 Å².